The molecule has 0 aromatic heterocycles. The zero-order valence-corrected chi connectivity index (χ0v) is 15.9. The molecule has 2 unspecified atom stereocenters. The molecule has 27 heavy (non-hydrogen) atoms. The number of hydrogen-bond donors (Lipinski definition) is 2. The summed E-state index contributed by atoms with van der Waals surface area (Å²) in [5.41, 5.74) is 8.18. The van der Waals surface area contributed by atoms with Crippen LogP contribution in [0.4, 0.5) is 4.39 Å². The monoisotopic (exact) mass is 369 g/mol. The zero-order chi connectivity index (χ0) is 19.4. The summed E-state index contributed by atoms with van der Waals surface area (Å²) in [5, 5.41) is 3.05. The van der Waals surface area contributed by atoms with Crippen molar-refractivity contribution in [1.82, 2.24) is 10.2 Å². The van der Waals surface area contributed by atoms with Gasteiger partial charge < -0.3 is 11.1 Å². The molecule has 1 amide bonds. The van der Waals surface area contributed by atoms with Crippen LogP contribution in [-0.4, -0.2) is 36.5 Å². The van der Waals surface area contributed by atoms with Gasteiger partial charge in [0.1, 0.15) is 5.82 Å². The van der Waals surface area contributed by atoms with Crippen LogP contribution in [0, 0.1) is 11.7 Å². The minimum atomic E-state index is -0.275. The Morgan fingerprint density at radius 2 is 1.81 bits per heavy atom. The van der Waals surface area contributed by atoms with Crippen LogP contribution in [0.25, 0.3) is 0 Å². The van der Waals surface area contributed by atoms with Gasteiger partial charge in [0.25, 0.3) is 0 Å². The summed E-state index contributed by atoms with van der Waals surface area (Å²) in [6.07, 6.45) is 0. The predicted octanol–water partition coefficient (Wildman–Crippen LogP) is 3.07. The number of likely N-dealkylation sites (tertiary alicyclic amines) is 1. The van der Waals surface area contributed by atoms with Crippen molar-refractivity contribution in [1.29, 1.82) is 0 Å². The third-order valence-electron chi connectivity index (χ3n) is 5.66. The molecule has 144 valence electrons. The minimum absolute atomic E-state index is 0.0173. The molecule has 3 N–H and O–H groups in total. The highest BCUT2D eigenvalue weighted by atomic mass is 19.1. The van der Waals surface area contributed by atoms with E-state index in [1.54, 1.807) is 12.1 Å². The van der Waals surface area contributed by atoms with Crippen molar-refractivity contribution >= 4 is 5.91 Å². The van der Waals surface area contributed by atoms with Crippen molar-refractivity contribution in [3.05, 3.63) is 71.5 Å². The molecule has 0 aliphatic carbocycles. The highest BCUT2D eigenvalue weighted by Gasteiger charge is 2.37. The standard InChI is InChI=1S/C22H28FN3O/c1-15(17-8-10-20(23)11-9-17)25-22(27)16(2)26-13-19(12-24)21(14-26)18-6-4-3-5-7-18/h3-11,15-16,19,21H,12-14,24H2,1-2H3,(H,25,27)/t15?,16?,19-,21+/m1/s1. The molecule has 0 saturated carbocycles. The van der Waals surface area contributed by atoms with Gasteiger partial charge in [-0.25, -0.2) is 4.39 Å². The summed E-state index contributed by atoms with van der Waals surface area (Å²) in [7, 11) is 0. The van der Waals surface area contributed by atoms with Crippen LogP contribution >= 0.6 is 0 Å². The van der Waals surface area contributed by atoms with Gasteiger partial charge in [0, 0.05) is 19.0 Å². The molecule has 2 aromatic rings. The number of carbonyl (C=O) groups excluding carboxylic acids is 1. The van der Waals surface area contributed by atoms with Crippen LogP contribution < -0.4 is 11.1 Å². The molecule has 5 heteroatoms. The Morgan fingerprint density at radius 3 is 2.44 bits per heavy atom. The number of rotatable bonds is 6. The van der Waals surface area contributed by atoms with E-state index in [2.05, 4.69) is 22.3 Å². The maximum Gasteiger partial charge on any atom is 0.237 e. The second-order valence-electron chi connectivity index (χ2n) is 7.42. The Hall–Kier alpha value is -2.24. The molecule has 1 aliphatic rings. The lowest BCUT2D eigenvalue weighted by Gasteiger charge is -2.25. The fraction of sp³-hybridized carbons (Fsp3) is 0.409. The molecular formula is C22H28FN3O. The van der Waals surface area contributed by atoms with Crippen LogP contribution in [0.1, 0.15) is 36.9 Å². The maximum absolute atomic E-state index is 13.1. The first-order valence-electron chi connectivity index (χ1n) is 9.54. The average molecular weight is 369 g/mol. The molecule has 1 aliphatic heterocycles. The lowest BCUT2D eigenvalue weighted by molar-refractivity contribution is -0.126. The first-order chi connectivity index (χ1) is 13.0. The van der Waals surface area contributed by atoms with Gasteiger partial charge in [0.2, 0.25) is 5.91 Å². The molecular weight excluding hydrogens is 341 g/mol. The highest BCUT2D eigenvalue weighted by Crippen LogP contribution is 2.33. The van der Waals surface area contributed by atoms with Crippen LogP contribution in [-0.2, 0) is 4.79 Å². The van der Waals surface area contributed by atoms with E-state index in [0.29, 0.717) is 18.4 Å². The fourth-order valence-electron chi connectivity index (χ4n) is 3.87. The van der Waals surface area contributed by atoms with Gasteiger partial charge in [0.15, 0.2) is 0 Å². The van der Waals surface area contributed by atoms with E-state index >= 15 is 0 Å². The molecule has 4 atom stereocenters. The zero-order valence-electron chi connectivity index (χ0n) is 15.9. The summed E-state index contributed by atoms with van der Waals surface area (Å²) in [5.74, 6) is 0.400. The third kappa shape index (κ3) is 4.54. The first-order valence-corrected chi connectivity index (χ1v) is 9.54. The van der Waals surface area contributed by atoms with Gasteiger partial charge in [-0.2, -0.15) is 0 Å². The smallest absolute Gasteiger partial charge is 0.237 e. The molecule has 0 radical (unpaired) electrons. The fourth-order valence-corrected chi connectivity index (χ4v) is 3.87. The predicted molar refractivity (Wildman–Crippen MR) is 106 cm³/mol. The molecule has 0 bridgehead atoms. The first kappa shape index (κ1) is 19.5. The Balaban J connectivity index is 1.63. The topological polar surface area (TPSA) is 58.4 Å². The quantitative estimate of drug-likeness (QED) is 0.823. The number of hydrogen-bond acceptors (Lipinski definition) is 3. The van der Waals surface area contributed by atoms with Crippen molar-refractivity contribution in [2.45, 2.75) is 31.8 Å². The Labute approximate surface area is 160 Å². The Kier molecular flexibility index (Phi) is 6.24. The number of nitrogens with zero attached hydrogens (tertiary/aromatic N) is 1. The van der Waals surface area contributed by atoms with E-state index in [0.717, 1.165) is 18.7 Å². The van der Waals surface area contributed by atoms with E-state index in [-0.39, 0.29) is 23.8 Å². The molecule has 2 aromatic carbocycles. The molecule has 4 nitrogen and oxygen atoms in total. The van der Waals surface area contributed by atoms with Crippen LogP contribution in [0.15, 0.2) is 54.6 Å². The van der Waals surface area contributed by atoms with E-state index in [9.17, 15) is 9.18 Å². The van der Waals surface area contributed by atoms with E-state index in [1.165, 1.54) is 17.7 Å². The van der Waals surface area contributed by atoms with Crippen LogP contribution in [0.5, 0.6) is 0 Å². The van der Waals surface area contributed by atoms with Crippen molar-refractivity contribution in [2.75, 3.05) is 19.6 Å². The number of benzene rings is 2. The van der Waals surface area contributed by atoms with Crippen molar-refractivity contribution in [3.8, 4) is 0 Å². The number of amides is 1. The molecule has 0 spiro atoms. The SMILES string of the molecule is CC(NC(=O)C(C)N1C[C@@H](CN)[C@H](c2ccccc2)C1)c1ccc(F)cc1. The van der Waals surface area contributed by atoms with Gasteiger partial charge in [-0.3, -0.25) is 9.69 Å². The number of nitrogens with one attached hydrogen (secondary N) is 1. The second kappa shape index (κ2) is 8.63. The summed E-state index contributed by atoms with van der Waals surface area (Å²) < 4.78 is 13.1. The van der Waals surface area contributed by atoms with Crippen molar-refractivity contribution < 1.29 is 9.18 Å². The van der Waals surface area contributed by atoms with Crippen molar-refractivity contribution in [2.24, 2.45) is 11.7 Å². The summed E-state index contributed by atoms with van der Waals surface area (Å²) >= 11 is 0. The summed E-state index contributed by atoms with van der Waals surface area (Å²) in [6.45, 7) is 6.10. The third-order valence-corrected chi connectivity index (χ3v) is 5.66. The molecule has 1 heterocycles. The largest absolute Gasteiger partial charge is 0.348 e. The Bertz CT molecular complexity index is 750. The molecule has 1 saturated heterocycles. The van der Waals surface area contributed by atoms with Gasteiger partial charge >= 0.3 is 0 Å². The van der Waals surface area contributed by atoms with E-state index in [1.807, 2.05) is 32.0 Å². The normalized spacial score (nSPS) is 22.4. The lowest BCUT2D eigenvalue weighted by atomic mass is 9.89. The van der Waals surface area contributed by atoms with Gasteiger partial charge in [-0.15, -0.1) is 0 Å². The molecule has 3 rings (SSSR count). The van der Waals surface area contributed by atoms with Gasteiger partial charge in [0.05, 0.1) is 12.1 Å². The van der Waals surface area contributed by atoms with Crippen LogP contribution in [0.2, 0.25) is 0 Å². The van der Waals surface area contributed by atoms with E-state index in [4.69, 9.17) is 5.73 Å². The number of carbonyl (C=O) groups is 1. The average Bonchev–Trinajstić information content (AvgIpc) is 3.13. The van der Waals surface area contributed by atoms with Crippen LogP contribution in [0.3, 0.4) is 0 Å². The number of halogens is 1. The summed E-state index contributed by atoms with van der Waals surface area (Å²) in [6, 6.07) is 16.2. The van der Waals surface area contributed by atoms with E-state index < -0.39 is 0 Å². The minimum Gasteiger partial charge on any atom is -0.348 e. The second-order valence-corrected chi connectivity index (χ2v) is 7.42. The van der Waals surface area contributed by atoms with Gasteiger partial charge in [-0.1, -0.05) is 42.5 Å². The maximum atomic E-state index is 13.1. The Morgan fingerprint density at radius 1 is 1.15 bits per heavy atom. The number of nitrogens with two attached hydrogens (primary N) is 1. The summed E-state index contributed by atoms with van der Waals surface area (Å²) in [4.78, 5) is 15.0. The van der Waals surface area contributed by atoms with Crippen molar-refractivity contribution in [3.63, 3.8) is 0 Å². The molecule has 1 fully saturated rings. The highest BCUT2D eigenvalue weighted by molar-refractivity contribution is 5.81. The lowest BCUT2D eigenvalue weighted by Crippen LogP contribution is -2.45. The van der Waals surface area contributed by atoms with Gasteiger partial charge in [-0.05, 0) is 49.6 Å².